The lowest BCUT2D eigenvalue weighted by Gasteiger charge is -2.16. The van der Waals surface area contributed by atoms with Crippen LogP contribution < -0.4 is 21.3 Å². The zero-order valence-electron chi connectivity index (χ0n) is 19.3. The third-order valence-corrected chi connectivity index (χ3v) is 5.69. The van der Waals surface area contributed by atoms with E-state index in [-0.39, 0.29) is 24.3 Å². The lowest BCUT2D eigenvalue weighted by Crippen LogP contribution is -2.31. The van der Waals surface area contributed by atoms with Gasteiger partial charge in [-0.2, -0.15) is 4.98 Å². The SMILES string of the molecule is CCc1cccc(OC[C@@H](O)Cn2c(NCCc3ccccc3)nc3c2c(=O)[nH]c(=O)n3C)c1. The van der Waals surface area contributed by atoms with Crippen molar-refractivity contribution in [2.24, 2.45) is 7.05 Å². The second-order valence-electron chi connectivity index (χ2n) is 8.16. The van der Waals surface area contributed by atoms with Gasteiger partial charge in [-0.05, 0) is 36.1 Å². The van der Waals surface area contributed by atoms with Gasteiger partial charge in [-0.3, -0.25) is 14.3 Å². The highest BCUT2D eigenvalue weighted by Crippen LogP contribution is 2.18. The van der Waals surface area contributed by atoms with Gasteiger partial charge in [-0.1, -0.05) is 49.4 Å². The van der Waals surface area contributed by atoms with Crippen molar-refractivity contribution in [3.05, 3.63) is 86.6 Å². The van der Waals surface area contributed by atoms with Gasteiger partial charge in [0.25, 0.3) is 5.56 Å². The maximum absolute atomic E-state index is 12.6. The van der Waals surface area contributed by atoms with Gasteiger partial charge in [-0.15, -0.1) is 0 Å². The van der Waals surface area contributed by atoms with Crippen molar-refractivity contribution in [3.63, 3.8) is 0 Å². The van der Waals surface area contributed by atoms with Crippen molar-refractivity contribution in [1.82, 2.24) is 19.1 Å². The average Bonchev–Trinajstić information content (AvgIpc) is 3.20. The first-order valence-corrected chi connectivity index (χ1v) is 11.3. The number of hydrogen-bond donors (Lipinski definition) is 3. The van der Waals surface area contributed by atoms with Crippen LogP contribution in [0.1, 0.15) is 18.1 Å². The number of rotatable bonds is 10. The van der Waals surface area contributed by atoms with E-state index < -0.39 is 17.4 Å². The van der Waals surface area contributed by atoms with Crippen LogP contribution in [0.15, 0.2) is 64.2 Å². The van der Waals surface area contributed by atoms with Gasteiger partial charge in [0.1, 0.15) is 18.5 Å². The number of aliphatic hydroxyl groups excluding tert-OH is 1. The van der Waals surface area contributed by atoms with Crippen LogP contribution in [0, 0.1) is 0 Å². The molecule has 2 aromatic carbocycles. The Morgan fingerprint density at radius 1 is 1.12 bits per heavy atom. The third kappa shape index (κ3) is 5.20. The summed E-state index contributed by atoms with van der Waals surface area (Å²) in [6.45, 7) is 2.74. The van der Waals surface area contributed by atoms with Gasteiger partial charge in [0.05, 0.1) is 6.54 Å². The standard InChI is InChI=1S/C25H29N5O4/c1-3-17-10-7-11-20(14-17)34-16-19(31)15-30-21-22(29(2)25(33)28-23(21)32)27-24(30)26-13-12-18-8-5-4-6-9-18/h4-11,14,19,31H,3,12-13,15-16H2,1-2H3,(H,26,27)(H,28,32,33)/t19-/m0/s1. The molecular weight excluding hydrogens is 434 g/mol. The fourth-order valence-electron chi connectivity index (χ4n) is 3.82. The number of fused-ring (bicyclic) bond motifs is 1. The highest BCUT2D eigenvalue weighted by atomic mass is 16.5. The molecule has 4 aromatic rings. The molecule has 0 unspecified atom stereocenters. The fourth-order valence-corrected chi connectivity index (χ4v) is 3.82. The number of anilines is 1. The zero-order valence-corrected chi connectivity index (χ0v) is 19.3. The summed E-state index contributed by atoms with van der Waals surface area (Å²) < 4.78 is 8.67. The van der Waals surface area contributed by atoms with E-state index in [0.717, 1.165) is 24.0 Å². The molecule has 0 radical (unpaired) electrons. The summed E-state index contributed by atoms with van der Waals surface area (Å²) in [5.41, 5.74) is 1.68. The Balaban J connectivity index is 1.56. The average molecular weight is 464 g/mol. The number of aromatic nitrogens is 4. The molecule has 0 fully saturated rings. The van der Waals surface area contributed by atoms with E-state index in [1.165, 1.54) is 4.57 Å². The largest absolute Gasteiger partial charge is 0.491 e. The van der Waals surface area contributed by atoms with Crippen LogP contribution in [0.3, 0.4) is 0 Å². The normalized spacial score (nSPS) is 12.1. The number of ether oxygens (including phenoxy) is 1. The second kappa shape index (κ2) is 10.4. The molecule has 2 aromatic heterocycles. The monoisotopic (exact) mass is 463 g/mol. The van der Waals surface area contributed by atoms with Gasteiger partial charge in [0.15, 0.2) is 11.2 Å². The topological polar surface area (TPSA) is 114 Å². The maximum Gasteiger partial charge on any atom is 0.329 e. The van der Waals surface area contributed by atoms with Crippen molar-refractivity contribution >= 4 is 17.1 Å². The number of nitrogens with one attached hydrogen (secondary N) is 2. The Morgan fingerprint density at radius 3 is 2.65 bits per heavy atom. The fraction of sp³-hybridized carbons (Fsp3) is 0.320. The van der Waals surface area contributed by atoms with E-state index in [4.69, 9.17) is 4.74 Å². The number of aryl methyl sites for hydroxylation is 2. The molecule has 0 aliphatic rings. The van der Waals surface area contributed by atoms with Crippen LogP contribution in [-0.2, 0) is 26.4 Å². The highest BCUT2D eigenvalue weighted by Gasteiger charge is 2.20. The minimum atomic E-state index is -0.908. The van der Waals surface area contributed by atoms with Gasteiger partial charge in [0, 0.05) is 13.6 Å². The number of imidazole rings is 1. The number of aliphatic hydroxyl groups is 1. The van der Waals surface area contributed by atoms with Crippen LogP contribution in [0.5, 0.6) is 5.75 Å². The lowest BCUT2D eigenvalue weighted by atomic mass is 10.1. The Kier molecular flexibility index (Phi) is 7.12. The van der Waals surface area contributed by atoms with Crippen LogP contribution in [0.2, 0.25) is 0 Å². The Morgan fingerprint density at radius 2 is 1.88 bits per heavy atom. The lowest BCUT2D eigenvalue weighted by molar-refractivity contribution is 0.0938. The number of hydrogen-bond acceptors (Lipinski definition) is 6. The molecule has 3 N–H and O–H groups in total. The van der Waals surface area contributed by atoms with Gasteiger partial charge in [0.2, 0.25) is 5.95 Å². The number of aromatic amines is 1. The summed E-state index contributed by atoms with van der Waals surface area (Å²) in [5.74, 6) is 1.08. The van der Waals surface area contributed by atoms with Gasteiger partial charge in [-0.25, -0.2) is 4.79 Å². The van der Waals surface area contributed by atoms with Crippen molar-refractivity contribution in [2.75, 3.05) is 18.5 Å². The summed E-state index contributed by atoms with van der Waals surface area (Å²) >= 11 is 0. The van der Waals surface area contributed by atoms with E-state index in [0.29, 0.717) is 18.2 Å². The van der Waals surface area contributed by atoms with E-state index >= 15 is 0 Å². The van der Waals surface area contributed by atoms with Crippen LogP contribution in [0.4, 0.5) is 5.95 Å². The molecule has 34 heavy (non-hydrogen) atoms. The van der Waals surface area contributed by atoms with Crippen LogP contribution in [-0.4, -0.2) is 43.5 Å². The number of benzene rings is 2. The first-order valence-electron chi connectivity index (χ1n) is 11.3. The van der Waals surface area contributed by atoms with Crippen molar-refractivity contribution in [2.45, 2.75) is 32.4 Å². The molecule has 0 aliphatic carbocycles. The second-order valence-corrected chi connectivity index (χ2v) is 8.16. The van der Waals surface area contributed by atoms with Crippen molar-refractivity contribution in [3.8, 4) is 5.75 Å². The van der Waals surface area contributed by atoms with Crippen LogP contribution in [0.25, 0.3) is 11.2 Å². The Bertz CT molecular complexity index is 1370. The zero-order chi connectivity index (χ0) is 24.1. The molecule has 0 amide bonds. The minimum Gasteiger partial charge on any atom is -0.491 e. The first-order chi connectivity index (χ1) is 16.5. The molecule has 0 bridgehead atoms. The smallest absolute Gasteiger partial charge is 0.329 e. The quantitative estimate of drug-likeness (QED) is 0.332. The molecule has 4 rings (SSSR count). The molecule has 0 aliphatic heterocycles. The summed E-state index contributed by atoms with van der Waals surface area (Å²) in [7, 11) is 1.55. The molecule has 2 heterocycles. The predicted molar refractivity (Wildman–Crippen MR) is 132 cm³/mol. The molecular formula is C25H29N5O4. The highest BCUT2D eigenvalue weighted by molar-refractivity contribution is 5.74. The van der Waals surface area contributed by atoms with E-state index in [9.17, 15) is 14.7 Å². The minimum absolute atomic E-state index is 0.0416. The van der Waals surface area contributed by atoms with Crippen LogP contribution >= 0.6 is 0 Å². The summed E-state index contributed by atoms with van der Waals surface area (Å²) in [5, 5.41) is 14.0. The van der Waals surface area contributed by atoms with Crippen molar-refractivity contribution < 1.29 is 9.84 Å². The Labute approximate surface area is 196 Å². The number of H-pyrrole nitrogens is 1. The van der Waals surface area contributed by atoms with E-state index in [1.54, 1.807) is 11.6 Å². The summed E-state index contributed by atoms with van der Waals surface area (Å²) in [4.78, 5) is 31.5. The first kappa shape index (κ1) is 23.3. The van der Waals surface area contributed by atoms with Crippen molar-refractivity contribution in [1.29, 1.82) is 0 Å². The molecule has 178 valence electrons. The summed E-state index contributed by atoms with van der Waals surface area (Å²) in [6, 6.07) is 17.7. The number of nitrogens with zero attached hydrogens (tertiary/aromatic N) is 3. The van der Waals surface area contributed by atoms with E-state index in [1.807, 2.05) is 54.6 Å². The predicted octanol–water partition coefficient (Wildman–Crippen LogP) is 2.08. The Hall–Kier alpha value is -3.85. The molecule has 1 atom stereocenters. The maximum atomic E-state index is 12.6. The molecule has 9 nitrogen and oxygen atoms in total. The summed E-state index contributed by atoms with van der Waals surface area (Å²) in [6.07, 6.45) is 0.730. The molecule has 0 saturated heterocycles. The van der Waals surface area contributed by atoms with Gasteiger partial charge >= 0.3 is 5.69 Å². The third-order valence-electron chi connectivity index (χ3n) is 5.69. The molecule has 0 saturated carbocycles. The van der Waals surface area contributed by atoms with Gasteiger partial charge < -0.3 is 19.7 Å². The molecule has 9 heteroatoms. The van der Waals surface area contributed by atoms with E-state index in [2.05, 4.69) is 22.2 Å². The molecule has 0 spiro atoms.